The quantitative estimate of drug-likeness (QED) is 0.368. The molecule has 3 rings (SSSR count). The number of carbonyl (C=O) groups is 1. The average Bonchev–Trinajstić information content (AvgIpc) is 2.97. The number of carbonyl (C=O) groups excluding carboxylic acids is 1. The summed E-state index contributed by atoms with van der Waals surface area (Å²) in [5.74, 6) is 0.985. The molecule has 0 aliphatic heterocycles. The molecule has 1 N–H and O–H groups in total. The van der Waals surface area contributed by atoms with Crippen LogP contribution in [0.2, 0.25) is 0 Å². The maximum atomic E-state index is 12.3. The molecule has 0 bridgehead atoms. The van der Waals surface area contributed by atoms with Gasteiger partial charge in [0.1, 0.15) is 0 Å². The number of aromatic nitrogens is 3. The van der Waals surface area contributed by atoms with E-state index in [2.05, 4.69) is 54.0 Å². The predicted molar refractivity (Wildman–Crippen MR) is 117 cm³/mol. The van der Waals surface area contributed by atoms with Gasteiger partial charge in [-0.3, -0.25) is 4.79 Å². The second-order valence-electron chi connectivity index (χ2n) is 5.67. The lowest BCUT2D eigenvalue weighted by atomic mass is 10.2. The molecule has 0 radical (unpaired) electrons. The fourth-order valence-electron chi connectivity index (χ4n) is 2.37. The van der Waals surface area contributed by atoms with Crippen LogP contribution in [0.1, 0.15) is 5.56 Å². The molecular weight excluding hydrogens is 527 g/mol. The van der Waals surface area contributed by atoms with Crippen LogP contribution in [-0.2, 0) is 11.8 Å². The maximum Gasteiger partial charge on any atom is 0.234 e. The van der Waals surface area contributed by atoms with Crippen molar-refractivity contribution in [2.75, 3.05) is 11.1 Å². The van der Waals surface area contributed by atoms with Crippen LogP contribution in [0.5, 0.6) is 0 Å². The van der Waals surface area contributed by atoms with Crippen LogP contribution in [0.25, 0.3) is 11.4 Å². The molecule has 3 aromatic rings. The molecule has 0 saturated carbocycles. The Labute approximate surface area is 178 Å². The van der Waals surface area contributed by atoms with Crippen molar-refractivity contribution in [1.82, 2.24) is 14.8 Å². The third-order valence-corrected chi connectivity index (χ3v) is 5.95. The van der Waals surface area contributed by atoms with Crippen molar-refractivity contribution in [3.8, 4) is 11.4 Å². The van der Waals surface area contributed by atoms with Gasteiger partial charge < -0.3 is 9.88 Å². The maximum absolute atomic E-state index is 12.3. The molecule has 134 valence electrons. The number of nitrogens with one attached hydrogen (secondary N) is 1. The summed E-state index contributed by atoms with van der Waals surface area (Å²) in [6, 6.07) is 13.8. The first-order valence-corrected chi connectivity index (χ1v) is 10.6. The summed E-state index contributed by atoms with van der Waals surface area (Å²) >= 11 is 7.05. The first-order chi connectivity index (χ1) is 12.4. The van der Waals surface area contributed by atoms with Gasteiger partial charge in [-0.05, 0) is 65.4 Å². The van der Waals surface area contributed by atoms with Crippen LogP contribution < -0.4 is 5.32 Å². The van der Waals surface area contributed by atoms with Gasteiger partial charge in [0, 0.05) is 26.3 Å². The molecule has 2 aromatic carbocycles. The minimum absolute atomic E-state index is 0.0625. The molecule has 0 saturated heterocycles. The highest BCUT2D eigenvalue weighted by Crippen LogP contribution is 2.24. The zero-order valence-electron chi connectivity index (χ0n) is 14.2. The van der Waals surface area contributed by atoms with Gasteiger partial charge in [0.25, 0.3) is 0 Å². The number of halogens is 2. The minimum atomic E-state index is -0.0625. The fourth-order valence-corrected chi connectivity index (χ4v) is 4.00. The molecule has 26 heavy (non-hydrogen) atoms. The molecule has 0 aliphatic carbocycles. The number of rotatable bonds is 5. The first-order valence-electron chi connectivity index (χ1n) is 7.78. The Kier molecular flexibility index (Phi) is 6.36. The van der Waals surface area contributed by atoms with Crippen LogP contribution in [0.3, 0.4) is 0 Å². The van der Waals surface area contributed by atoms with Crippen molar-refractivity contribution in [3.05, 3.63) is 56.1 Å². The Hall–Kier alpha value is -1.39. The topological polar surface area (TPSA) is 59.8 Å². The standard InChI is InChI=1S/C18H16BrIN4OS/c1-11-9-14(20)7-8-15(11)21-16(25)10-26-18-23-22-17(24(18)2)12-3-5-13(19)6-4-12/h3-9H,10H2,1-2H3,(H,21,25). The van der Waals surface area contributed by atoms with E-state index < -0.39 is 0 Å². The summed E-state index contributed by atoms with van der Waals surface area (Å²) in [6.07, 6.45) is 0. The number of nitrogens with zero attached hydrogens (tertiary/aromatic N) is 3. The van der Waals surface area contributed by atoms with Gasteiger partial charge in [0.2, 0.25) is 5.91 Å². The summed E-state index contributed by atoms with van der Waals surface area (Å²) in [5, 5.41) is 12.1. The Morgan fingerprint density at radius 3 is 2.65 bits per heavy atom. The first kappa shape index (κ1) is 19.4. The van der Waals surface area contributed by atoms with Gasteiger partial charge in [-0.1, -0.05) is 39.8 Å². The van der Waals surface area contributed by atoms with E-state index in [-0.39, 0.29) is 11.7 Å². The summed E-state index contributed by atoms with van der Waals surface area (Å²) in [5.41, 5.74) is 2.87. The monoisotopic (exact) mass is 542 g/mol. The van der Waals surface area contributed by atoms with Crippen LogP contribution in [-0.4, -0.2) is 26.4 Å². The summed E-state index contributed by atoms with van der Waals surface area (Å²) in [4.78, 5) is 12.3. The molecule has 1 aromatic heterocycles. The summed E-state index contributed by atoms with van der Waals surface area (Å²) in [7, 11) is 1.90. The van der Waals surface area contributed by atoms with Crippen LogP contribution in [0.4, 0.5) is 5.69 Å². The minimum Gasteiger partial charge on any atom is -0.325 e. The normalized spacial score (nSPS) is 10.8. The van der Waals surface area contributed by atoms with E-state index in [1.165, 1.54) is 11.8 Å². The number of hydrogen-bond acceptors (Lipinski definition) is 4. The summed E-state index contributed by atoms with van der Waals surface area (Å²) in [6.45, 7) is 1.98. The average molecular weight is 543 g/mol. The van der Waals surface area contributed by atoms with E-state index in [4.69, 9.17) is 0 Å². The zero-order chi connectivity index (χ0) is 18.7. The SMILES string of the molecule is Cc1cc(I)ccc1NC(=O)CSc1nnc(-c2ccc(Br)cc2)n1C. The van der Waals surface area contributed by atoms with E-state index in [9.17, 15) is 4.79 Å². The fraction of sp³-hybridized carbons (Fsp3) is 0.167. The van der Waals surface area contributed by atoms with Crippen molar-refractivity contribution in [2.45, 2.75) is 12.1 Å². The van der Waals surface area contributed by atoms with Gasteiger partial charge in [-0.15, -0.1) is 10.2 Å². The molecule has 1 heterocycles. The Morgan fingerprint density at radius 1 is 1.23 bits per heavy atom. The molecule has 0 atom stereocenters. The molecule has 0 fully saturated rings. The largest absolute Gasteiger partial charge is 0.325 e. The summed E-state index contributed by atoms with van der Waals surface area (Å²) < 4.78 is 4.06. The van der Waals surface area contributed by atoms with Crippen molar-refractivity contribution in [2.24, 2.45) is 7.05 Å². The lowest BCUT2D eigenvalue weighted by Crippen LogP contribution is -2.15. The number of hydrogen-bond donors (Lipinski definition) is 1. The van der Waals surface area contributed by atoms with Gasteiger partial charge in [0.15, 0.2) is 11.0 Å². The van der Waals surface area contributed by atoms with E-state index in [1.54, 1.807) is 0 Å². The molecule has 0 aliphatic rings. The third kappa shape index (κ3) is 4.66. The molecule has 1 amide bonds. The van der Waals surface area contributed by atoms with Gasteiger partial charge >= 0.3 is 0 Å². The highest BCUT2D eigenvalue weighted by molar-refractivity contribution is 14.1. The van der Waals surface area contributed by atoms with Crippen molar-refractivity contribution in [3.63, 3.8) is 0 Å². The van der Waals surface area contributed by atoms with Gasteiger partial charge in [-0.25, -0.2) is 0 Å². The van der Waals surface area contributed by atoms with Crippen LogP contribution in [0.15, 0.2) is 52.1 Å². The number of amides is 1. The van der Waals surface area contributed by atoms with Crippen molar-refractivity contribution < 1.29 is 4.79 Å². The molecule has 8 heteroatoms. The van der Waals surface area contributed by atoms with Gasteiger partial charge in [-0.2, -0.15) is 0 Å². The smallest absolute Gasteiger partial charge is 0.234 e. The number of thioether (sulfide) groups is 1. The molecule has 0 spiro atoms. The molecule has 5 nitrogen and oxygen atoms in total. The number of aryl methyl sites for hydroxylation is 1. The van der Waals surface area contributed by atoms with E-state index in [0.717, 1.165) is 30.7 Å². The van der Waals surface area contributed by atoms with E-state index in [1.807, 2.05) is 61.0 Å². The van der Waals surface area contributed by atoms with Gasteiger partial charge in [0.05, 0.1) is 5.75 Å². The lowest BCUT2D eigenvalue weighted by molar-refractivity contribution is -0.113. The lowest BCUT2D eigenvalue weighted by Gasteiger charge is -2.08. The van der Waals surface area contributed by atoms with E-state index in [0.29, 0.717) is 5.16 Å². The Balaban J connectivity index is 1.64. The molecule has 0 unspecified atom stereocenters. The second kappa shape index (κ2) is 8.53. The van der Waals surface area contributed by atoms with Crippen LogP contribution >= 0.6 is 50.3 Å². The zero-order valence-corrected chi connectivity index (χ0v) is 18.7. The second-order valence-corrected chi connectivity index (χ2v) is 8.77. The predicted octanol–water partition coefficient (Wildman–Crippen LogP) is 4.89. The Morgan fingerprint density at radius 2 is 1.96 bits per heavy atom. The Bertz CT molecular complexity index is 943. The van der Waals surface area contributed by atoms with E-state index >= 15 is 0 Å². The van der Waals surface area contributed by atoms with Crippen molar-refractivity contribution >= 4 is 61.9 Å². The number of benzene rings is 2. The van der Waals surface area contributed by atoms with Crippen LogP contribution in [0, 0.1) is 10.5 Å². The third-order valence-electron chi connectivity index (χ3n) is 3.73. The highest BCUT2D eigenvalue weighted by Gasteiger charge is 2.13. The van der Waals surface area contributed by atoms with Crippen molar-refractivity contribution in [1.29, 1.82) is 0 Å². The molecular formula is C18H16BrIN4OS. The highest BCUT2D eigenvalue weighted by atomic mass is 127. The number of anilines is 1.